The summed E-state index contributed by atoms with van der Waals surface area (Å²) in [7, 11) is 0.619. The third kappa shape index (κ3) is 2.37. The molecule has 0 aromatic heterocycles. The summed E-state index contributed by atoms with van der Waals surface area (Å²) in [4.78, 5) is 15.0. The number of nitrogens with zero attached hydrogens (tertiary/aromatic N) is 1. The van der Waals surface area contributed by atoms with Crippen LogP contribution in [0.15, 0.2) is 17.1 Å². The summed E-state index contributed by atoms with van der Waals surface area (Å²) >= 11 is 0. The fraction of sp³-hybridized carbons (Fsp3) is 0.556. The van der Waals surface area contributed by atoms with Gasteiger partial charge in [-0.25, -0.2) is 0 Å². The van der Waals surface area contributed by atoms with Crippen molar-refractivity contribution in [2.45, 2.75) is 31.9 Å². The quantitative estimate of drug-likeness (QED) is 0.286. The number of carbonyl (C=O) groups is 1. The van der Waals surface area contributed by atoms with E-state index in [0.29, 0.717) is 19.1 Å². The van der Waals surface area contributed by atoms with Crippen molar-refractivity contribution >= 4 is 19.2 Å². The number of aliphatic imine (C=N–C) groups is 1. The van der Waals surface area contributed by atoms with Crippen molar-refractivity contribution in [3.63, 3.8) is 0 Å². The van der Waals surface area contributed by atoms with E-state index in [2.05, 4.69) is 11.6 Å². The number of hydrogen-bond acceptors (Lipinski definition) is 4. The number of ether oxygens (including phenoxy) is 1. The average Bonchev–Trinajstić information content (AvgIpc) is 2.48. The van der Waals surface area contributed by atoms with Gasteiger partial charge >= 0.3 is 82.5 Å². The van der Waals surface area contributed by atoms with E-state index in [0.717, 1.165) is 6.42 Å². The molecule has 1 heterocycles. The summed E-state index contributed by atoms with van der Waals surface area (Å²) in [6, 6.07) is -0.136. The molecule has 2 atom stereocenters. The Kier molecular flexibility index (Phi) is 3.74. The Morgan fingerprint density at radius 3 is 3.00 bits per heavy atom. The first-order valence-corrected chi connectivity index (χ1v) is 4.54. The molecule has 1 saturated heterocycles. The van der Waals surface area contributed by atoms with E-state index in [-0.39, 0.29) is 18.1 Å². The van der Waals surface area contributed by atoms with Gasteiger partial charge in [-0.15, -0.1) is 0 Å². The average molecular weight is 193 g/mol. The van der Waals surface area contributed by atoms with Crippen LogP contribution in [0.5, 0.6) is 0 Å². The van der Waals surface area contributed by atoms with Crippen LogP contribution in [0.4, 0.5) is 0 Å². The Balaban J connectivity index is 2.63. The van der Waals surface area contributed by atoms with Crippen molar-refractivity contribution in [3.05, 3.63) is 12.2 Å². The number of carbonyl (C=O) groups excluding carboxylic acids is 1. The van der Waals surface area contributed by atoms with Gasteiger partial charge in [0, 0.05) is 0 Å². The number of rotatable bonds is 4. The van der Waals surface area contributed by atoms with E-state index >= 15 is 0 Å². The fourth-order valence-electron chi connectivity index (χ4n) is 1.41. The van der Waals surface area contributed by atoms with Gasteiger partial charge < -0.3 is 0 Å². The first-order valence-electron chi connectivity index (χ1n) is 4.54. The predicted molar refractivity (Wildman–Crippen MR) is 52.6 cm³/mol. The third-order valence-electron chi connectivity index (χ3n) is 2.18. The van der Waals surface area contributed by atoms with Crippen molar-refractivity contribution < 1.29 is 14.2 Å². The second kappa shape index (κ2) is 4.84. The second-order valence-electron chi connectivity index (χ2n) is 3.16. The normalized spacial score (nSPS) is 23.6. The zero-order chi connectivity index (χ0) is 10.6. The third-order valence-corrected chi connectivity index (χ3v) is 2.18. The van der Waals surface area contributed by atoms with Crippen molar-refractivity contribution in [2.75, 3.05) is 0 Å². The molecule has 1 rings (SSSR count). The molecule has 5 heteroatoms. The molecule has 74 valence electrons. The summed E-state index contributed by atoms with van der Waals surface area (Å²) in [6.07, 6.45) is 2.18. The summed E-state index contributed by atoms with van der Waals surface area (Å²) < 4.78 is 15.1. The van der Waals surface area contributed by atoms with Gasteiger partial charge in [-0.3, -0.25) is 0 Å². The molecule has 0 aromatic carbocycles. The summed E-state index contributed by atoms with van der Waals surface area (Å²) in [5.74, 6) is -0.352. The van der Waals surface area contributed by atoms with Crippen molar-refractivity contribution in [1.29, 1.82) is 0 Å². The van der Waals surface area contributed by atoms with Gasteiger partial charge in [0.25, 0.3) is 0 Å². The van der Waals surface area contributed by atoms with Crippen LogP contribution in [0.1, 0.15) is 19.8 Å². The fourth-order valence-corrected chi connectivity index (χ4v) is 1.41. The maximum absolute atomic E-state index is 11.0. The molecule has 0 bridgehead atoms. The van der Waals surface area contributed by atoms with E-state index in [1.165, 1.54) is 6.11 Å². The first-order chi connectivity index (χ1) is 6.69. The SMILES string of the molecule is C=C1C[C@@H](C(CC)/N=C/B=O)OC1=O. The molecule has 1 aliphatic rings. The molecule has 0 amide bonds. The zero-order valence-electron chi connectivity index (χ0n) is 8.10. The van der Waals surface area contributed by atoms with Gasteiger partial charge in [-0.05, 0) is 0 Å². The molecule has 1 aliphatic heterocycles. The Hall–Kier alpha value is -1.26. The molecule has 14 heavy (non-hydrogen) atoms. The zero-order valence-corrected chi connectivity index (χ0v) is 8.10. The van der Waals surface area contributed by atoms with Crippen LogP contribution in [-0.4, -0.2) is 31.4 Å². The molecule has 0 aliphatic carbocycles. The maximum atomic E-state index is 11.0. The first kappa shape index (κ1) is 10.8. The van der Waals surface area contributed by atoms with Crippen LogP contribution in [0.25, 0.3) is 0 Å². The van der Waals surface area contributed by atoms with Gasteiger partial charge in [0.15, 0.2) is 0 Å². The molecule has 0 radical (unpaired) electrons. The van der Waals surface area contributed by atoms with Crippen LogP contribution in [0.3, 0.4) is 0 Å². The van der Waals surface area contributed by atoms with Crippen molar-refractivity contribution in [2.24, 2.45) is 4.99 Å². The Bertz CT molecular complexity index is 272. The second-order valence-corrected chi connectivity index (χ2v) is 3.16. The monoisotopic (exact) mass is 193 g/mol. The standard InChI is InChI=1S/C9H12BNO3/c1-3-7(11-5-10-13)8-4-6(2)9(12)14-8/h5,7-8H,2-4H2,1H3/b11-5+/t7?,8-/m0/s1. The summed E-state index contributed by atoms with van der Waals surface area (Å²) in [6.45, 7) is 5.52. The van der Waals surface area contributed by atoms with Crippen LogP contribution >= 0.6 is 0 Å². The van der Waals surface area contributed by atoms with Crippen molar-refractivity contribution in [3.8, 4) is 0 Å². The van der Waals surface area contributed by atoms with E-state index < -0.39 is 0 Å². The van der Waals surface area contributed by atoms with Gasteiger partial charge in [-0.2, -0.15) is 0 Å². The van der Waals surface area contributed by atoms with Crippen LogP contribution < -0.4 is 0 Å². The number of cyclic esters (lactones) is 1. The van der Waals surface area contributed by atoms with Gasteiger partial charge in [0.1, 0.15) is 0 Å². The summed E-state index contributed by atoms with van der Waals surface area (Å²) in [5, 5.41) is 0. The molecule has 0 N–H and O–H groups in total. The molecule has 1 unspecified atom stereocenters. The predicted octanol–water partition coefficient (Wildman–Crippen LogP) is 0.715. The topological polar surface area (TPSA) is 55.7 Å². The molecule has 0 saturated carbocycles. The van der Waals surface area contributed by atoms with E-state index in [1.807, 2.05) is 6.92 Å². The van der Waals surface area contributed by atoms with Crippen LogP contribution in [0.2, 0.25) is 0 Å². The molecule has 0 spiro atoms. The molecule has 4 nitrogen and oxygen atoms in total. The van der Waals surface area contributed by atoms with E-state index in [4.69, 9.17) is 4.74 Å². The van der Waals surface area contributed by atoms with E-state index in [9.17, 15) is 9.50 Å². The minimum absolute atomic E-state index is 0.136. The molecule has 0 aromatic rings. The molecular formula is C9H12BNO3. The number of hydrogen-bond donors (Lipinski definition) is 0. The Morgan fingerprint density at radius 2 is 2.57 bits per heavy atom. The minimum atomic E-state index is -0.352. The van der Waals surface area contributed by atoms with Gasteiger partial charge in [-0.1, -0.05) is 0 Å². The van der Waals surface area contributed by atoms with E-state index in [1.54, 1.807) is 0 Å². The number of esters is 1. The van der Waals surface area contributed by atoms with Gasteiger partial charge in [0.05, 0.1) is 0 Å². The molecule has 1 fully saturated rings. The molecular weight excluding hydrogens is 181 g/mol. The Labute approximate surface area is 83.3 Å². The van der Waals surface area contributed by atoms with Gasteiger partial charge in [0.2, 0.25) is 0 Å². The summed E-state index contributed by atoms with van der Waals surface area (Å²) in [5.41, 5.74) is 0.481. The Morgan fingerprint density at radius 1 is 1.86 bits per heavy atom. The van der Waals surface area contributed by atoms with Crippen LogP contribution in [-0.2, 0) is 14.2 Å². The van der Waals surface area contributed by atoms with Crippen LogP contribution in [0, 0.1) is 0 Å². The van der Waals surface area contributed by atoms with Crippen molar-refractivity contribution in [1.82, 2.24) is 0 Å².